The van der Waals surface area contributed by atoms with Crippen LogP contribution in [0.15, 0.2) is 9.22 Å². The third-order valence-electron chi connectivity index (χ3n) is 1.02. The minimum absolute atomic E-state index is 0.395. The zero-order chi connectivity index (χ0) is 8.10. The normalized spacial score (nSPS) is 10.4. The Morgan fingerprint density at radius 3 is 2.91 bits per heavy atom. The van der Waals surface area contributed by atoms with E-state index in [9.17, 15) is 0 Å². The topological polar surface area (TPSA) is 48.2 Å². The van der Waals surface area contributed by atoms with Gasteiger partial charge in [0.1, 0.15) is 6.61 Å². The summed E-state index contributed by atoms with van der Waals surface area (Å²) in [7, 11) is 0. The molecule has 5 heteroatoms. The molecule has 0 unspecified atom stereocenters. The van der Waals surface area contributed by atoms with Crippen molar-refractivity contribution in [3.05, 3.63) is 10.7 Å². The van der Waals surface area contributed by atoms with E-state index in [1.54, 1.807) is 0 Å². The molecule has 0 N–H and O–H groups in total. The fraction of sp³-hybridized carbons (Fsp3) is 0.667. The Balaban J connectivity index is 2.27. The number of hydrogen-bond donors (Lipinski definition) is 0. The Morgan fingerprint density at radius 2 is 2.36 bits per heavy atom. The van der Waals surface area contributed by atoms with Gasteiger partial charge in [0.2, 0.25) is 5.89 Å². The number of aromatic nitrogens is 2. The minimum Gasteiger partial charge on any atom is -0.413 e. The minimum atomic E-state index is 0.395. The number of nitrogens with zero attached hydrogens (tertiary/aromatic N) is 2. The third-order valence-corrected chi connectivity index (χ3v) is 1.34. The molecule has 0 fully saturated rings. The van der Waals surface area contributed by atoms with Gasteiger partial charge in [-0.25, -0.2) is 0 Å². The van der Waals surface area contributed by atoms with E-state index in [4.69, 9.17) is 9.15 Å². The quantitative estimate of drug-likeness (QED) is 0.726. The molecule has 0 aliphatic heterocycles. The standard InChI is InChI=1S/C6H9BrN2O2/c1-2-3-10-4-5-8-9-6(7)11-5/h2-4H2,1H3. The van der Waals surface area contributed by atoms with E-state index in [0.29, 0.717) is 17.3 Å². The van der Waals surface area contributed by atoms with Gasteiger partial charge in [-0.1, -0.05) is 6.92 Å². The second-order valence-corrected chi connectivity index (χ2v) is 2.68. The van der Waals surface area contributed by atoms with Crippen LogP contribution in [-0.4, -0.2) is 16.8 Å². The van der Waals surface area contributed by atoms with Gasteiger partial charge in [0, 0.05) is 22.5 Å². The van der Waals surface area contributed by atoms with Crippen LogP contribution in [0, 0.1) is 0 Å². The van der Waals surface area contributed by atoms with Gasteiger partial charge in [-0.2, -0.15) is 0 Å². The molecule has 0 radical (unpaired) electrons. The first-order valence-corrected chi connectivity index (χ1v) is 4.18. The predicted molar refractivity (Wildman–Crippen MR) is 41.9 cm³/mol. The van der Waals surface area contributed by atoms with Crippen LogP contribution in [0.2, 0.25) is 0 Å². The third kappa shape index (κ3) is 2.98. The first-order chi connectivity index (χ1) is 5.33. The molecule has 0 atom stereocenters. The highest BCUT2D eigenvalue weighted by molar-refractivity contribution is 9.10. The lowest BCUT2D eigenvalue weighted by atomic mass is 10.5. The van der Waals surface area contributed by atoms with Crippen molar-refractivity contribution in [2.45, 2.75) is 20.0 Å². The van der Waals surface area contributed by atoms with Crippen molar-refractivity contribution in [2.75, 3.05) is 6.61 Å². The van der Waals surface area contributed by atoms with Crippen LogP contribution in [0.5, 0.6) is 0 Å². The van der Waals surface area contributed by atoms with Crippen molar-refractivity contribution in [2.24, 2.45) is 0 Å². The molecule has 1 aromatic heterocycles. The zero-order valence-electron chi connectivity index (χ0n) is 6.21. The van der Waals surface area contributed by atoms with E-state index in [1.807, 2.05) is 6.92 Å². The monoisotopic (exact) mass is 220 g/mol. The summed E-state index contributed by atoms with van der Waals surface area (Å²) >= 11 is 3.05. The average molecular weight is 221 g/mol. The Bertz CT molecular complexity index is 214. The number of rotatable bonds is 4. The molecule has 0 saturated heterocycles. The molecular weight excluding hydrogens is 212 g/mol. The predicted octanol–water partition coefficient (Wildman–Crippen LogP) is 1.76. The molecule has 0 spiro atoms. The van der Waals surface area contributed by atoms with Crippen LogP contribution in [0.3, 0.4) is 0 Å². The summed E-state index contributed by atoms with van der Waals surface area (Å²) in [6.07, 6.45) is 0.995. The Hall–Kier alpha value is -0.420. The number of halogens is 1. The number of ether oxygens (including phenoxy) is 1. The van der Waals surface area contributed by atoms with Crippen molar-refractivity contribution < 1.29 is 9.15 Å². The molecule has 1 aromatic rings. The SMILES string of the molecule is CCCOCc1nnc(Br)o1. The average Bonchev–Trinajstić information content (AvgIpc) is 2.37. The van der Waals surface area contributed by atoms with Crippen LogP contribution < -0.4 is 0 Å². The highest BCUT2D eigenvalue weighted by Crippen LogP contribution is 2.07. The highest BCUT2D eigenvalue weighted by atomic mass is 79.9. The van der Waals surface area contributed by atoms with Crippen molar-refractivity contribution in [3.8, 4) is 0 Å². The van der Waals surface area contributed by atoms with Crippen molar-refractivity contribution in [3.63, 3.8) is 0 Å². The van der Waals surface area contributed by atoms with Crippen LogP contribution in [0.25, 0.3) is 0 Å². The lowest BCUT2D eigenvalue weighted by Crippen LogP contribution is -1.93. The van der Waals surface area contributed by atoms with Crippen molar-refractivity contribution in [1.29, 1.82) is 0 Å². The molecular formula is C6H9BrN2O2. The molecule has 0 aliphatic rings. The van der Waals surface area contributed by atoms with Gasteiger partial charge in [0.05, 0.1) is 0 Å². The molecule has 0 amide bonds. The lowest BCUT2D eigenvalue weighted by Gasteiger charge is -1.95. The van der Waals surface area contributed by atoms with E-state index in [1.165, 1.54) is 0 Å². The first kappa shape index (κ1) is 8.67. The van der Waals surface area contributed by atoms with E-state index in [-0.39, 0.29) is 0 Å². The Morgan fingerprint density at radius 1 is 1.55 bits per heavy atom. The molecule has 0 saturated carbocycles. The fourth-order valence-corrected chi connectivity index (χ4v) is 0.861. The van der Waals surface area contributed by atoms with Gasteiger partial charge in [-0.15, -0.1) is 10.2 Å². The zero-order valence-corrected chi connectivity index (χ0v) is 7.80. The van der Waals surface area contributed by atoms with Gasteiger partial charge >= 0.3 is 0 Å². The molecule has 0 aromatic carbocycles. The van der Waals surface area contributed by atoms with E-state index in [0.717, 1.165) is 13.0 Å². The summed E-state index contributed by atoms with van der Waals surface area (Å²) in [5, 5.41) is 7.31. The van der Waals surface area contributed by atoms with Gasteiger partial charge in [0.15, 0.2) is 0 Å². The molecule has 0 aliphatic carbocycles. The van der Waals surface area contributed by atoms with Gasteiger partial charge in [0.25, 0.3) is 4.80 Å². The first-order valence-electron chi connectivity index (χ1n) is 3.38. The maximum atomic E-state index is 5.17. The summed E-state index contributed by atoms with van der Waals surface area (Å²) in [6.45, 7) is 3.16. The second-order valence-electron chi connectivity index (χ2n) is 2.00. The summed E-state index contributed by atoms with van der Waals surface area (Å²) in [5.41, 5.74) is 0. The maximum Gasteiger partial charge on any atom is 0.284 e. The van der Waals surface area contributed by atoms with Crippen molar-refractivity contribution in [1.82, 2.24) is 10.2 Å². The summed E-state index contributed by atoms with van der Waals surface area (Å²) in [4.78, 5) is 0.396. The van der Waals surface area contributed by atoms with Gasteiger partial charge in [-0.05, 0) is 6.42 Å². The van der Waals surface area contributed by atoms with Crippen LogP contribution in [0.1, 0.15) is 19.2 Å². The molecule has 1 rings (SSSR count). The Labute approximate surface area is 73.1 Å². The van der Waals surface area contributed by atoms with E-state index in [2.05, 4.69) is 26.1 Å². The summed E-state index contributed by atoms with van der Waals surface area (Å²) < 4.78 is 10.2. The van der Waals surface area contributed by atoms with Crippen LogP contribution >= 0.6 is 15.9 Å². The van der Waals surface area contributed by atoms with Crippen molar-refractivity contribution >= 4 is 15.9 Å². The van der Waals surface area contributed by atoms with E-state index >= 15 is 0 Å². The fourth-order valence-electron chi connectivity index (χ4n) is 0.595. The summed E-state index contributed by atoms with van der Waals surface area (Å²) in [6, 6.07) is 0. The van der Waals surface area contributed by atoms with E-state index < -0.39 is 0 Å². The van der Waals surface area contributed by atoms with Crippen LogP contribution in [-0.2, 0) is 11.3 Å². The van der Waals surface area contributed by atoms with Crippen LogP contribution in [0.4, 0.5) is 0 Å². The Kier molecular flexibility index (Phi) is 3.51. The second kappa shape index (κ2) is 4.46. The van der Waals surface area contributed by atoms with Gasteiger partial charge in [-0.3, -0.25) is 0 Å². The molecule has 0 bridgehead atoms. The smallest absolute Gasteiger partial charge is 0.284 e. The molecule has 4 nitrogen and oxygen atoms in total. The van der Waals surface area contributed by atoms with Gasteiger partial charge < -0.3 is 9.15 Å². The molecule has 1 heterocycles. The molecule has 62 valence electrons. The molecule has 11 heavy (non-hydrogen) atoms. The maximum absolute atomic E-state index is 5.17. The lowest BCUT2D eigenvalue weighted by molar-refractivity contribution is 0.102. The summed E-state index contributed by atoms with van der Waals surface area (Å²) in [5.74, 6) is 0.505. The highest BCUT2D eigenvalue weighted by Gasteiger charge is 2.01. The number of hydrogen-bond acceptors (Lipinski definition) is 4. The largest absolute Gasteiger partial charge is 0.413 e.